The average Bonchev–Trinajstić information content (AvgIpc) is 2.62. The molecule has 2 aromatic rings. The van der Waals surface area contributed by atoms with Crippen LogP contribution in [0.2, 0.25) is 0 Å². The highest BCUT2D eigenvalue weighted by Crippen LogP contribution is 2.29. The molecule has 2 aromatic carbocycles. The van der Waals surface area contributed by atoms with Crippen LogP contribution < -0.4 is 10.0 Å². The van der Waals surface area contributed by atoms with Gasteiger partial charge >= 0.3 is 0 Å². The van der Waals surface area contributed by atoms with E-state index in [0.29, 0.717) is 0 Å². The zero-order valence-electron chi connectivity index (χ0n) is 14.2. The van der Waals surface area contributed by atoms with Crippen LogP contribution in [0, 0.1) is 5.82 Å². The maximum absolute atomic E-state index is 13.6. The monoisotopic (exact) mass is 376 g/mol. The lowest BCUT2D eigenvalue weighted by Gasteiger charge is -2.26. The molecule has 3 rings (SSSR count). The van der Waals surface area contributed by atoms with Gasteiger partial charge < -0.3 is 5.32 Å². The van der Waals surface area contributed by atoms with E-state index in [1.165, 1.54) is 23.8 Å². The van der Waals surface area contributed by atoms with Crippen LogP contribution in [-0.4, -0.2) is 20.9 Å². The van der Waals surface area contributed by atoms with Crippen molar-refractivity contribution >= 4 is 15.9 Å². The van der Waals surface area contributed by atoms with Crippen molar-refractivity contribution in [3.8, 4) is 0 Å². The van der Waals surface area contributed by atoms with Crippen LogP contribution in [0.15, 0.2) is 53.4 Å². The van der Waals surface area contributed by atoms with Gasteiger partial charge in [-0.15, -0.1) is 0 Å². The molecular formula is C19H21FN2O3S. The topological polar surface area (TPSA) is 75.3 Å². The molecule has 1 amide bonds. The SMILES string of the molecule is O=C(CCNS(=O)(=O)c1ccccc1F)N[C@H]1CCCc2ccccc21. The fraction of sp³-hybridized carbons (Fsp3) is 0.316. The van der Waals surface area contributed by atoms with E-state index in [9.17, 15) is 17.6 Å². The van der Waals surface area contributed by atoms with E-state index in [2.05, 4.69) is 16.1 Å². The molecule has 0 aromatic heterocycles. The number of rotatable bonds is 6. The van der Waals surface area contributed by atoms with Gasteiger partial charge in [0.2, 0.25) is 15.9 Å². The number of amides is 1. The minimum Gasteiger partial charge on any atom is -0.349 e. The number of aryl methyl sites for hydroxylation is 1. The van der Waals surface area contributed by atoms with Crippen LogP contribution >= 0.6 is 0 Å². The van der Waals surface area contributed by atoms with Gasteiger partial charge in [0.05, 0.1) is 6.04 Å². The van der Waals surface area contributed by atoms with Crippen molar-refractivity contribution in [3.63, 3.8) is 0 Å². The van der Waals surface area contributed by atoms with E-state index in [1.807, 2.05) is 18.2 Å². The highest BCUT2D eigenvalue weighted by Gasteiger charge is 2.22. The molecule has 26 heavy (non-hydrogen) atoms. The molecule has 0 bridgehead atoms. The van der Waals surface area contributed by atoms with Crippen LogP contribution in [0.5, 0.6) is 0 Å². The number of hydrogen-bond donors (Lipinski definition) is 2. The summed E-state index contributed by atoms with van der Waals surface area (Å²) in [5.74, 6) is -1.05. The molecule has 0 fully saturated rings. The molecule has 0 saturated carbocycles. The Labute approximate surface area is 152 Å². The van der Waals surface area contributed by atoms with Crippen molar-refractivity contribution in [2.45, 2.75) is 36.6 Å². The van der Waals surface area contributed by atoms with E-state index in [1.54, 1.807) is 0 Å². The van der Waals surface area contributed by atoms with Crippen molar-refractivity contribution in [2.75, 3.05) is 6.54 Å². The lowest BCUT2D eigenvalue weighted by Crippen LogP contribution is -2.34. The molecule has 1 atom stereocenters. The Morgan fingerprint density at radius 2 is 1.85 bits per heavy atom. The van der Waals surface area contributed by atoms with Crippen LogP contribution in [0.4, 0.5) is 4.39 Å². The average molecular weight is 376 g/mol. The first-order valence-electron chi connectivity index (χ1n) is 8.59. The van der Waals surface area contributed by atoms with Gasteiger partial charge in [0.25, 0.3) is 0 Å². The van der Waals surface area contributed by atoms with Crippen LogP contribution in [0.25, 0.3) is 0 Å². The van der Waals surface area contributed by atoms with Gasteiger partial charge in [-0.05, 0) is 42.5 Å². The van der Waals surface area contributed by atoms with E-state index < -0.39 is 20.7 Å². The van der Waals surface area contributed by atoms with E-state index in [0.717, 1.165) is 30.9 Å². The maximum Gasteiger partial charge on any atom is 0.243 e. The second-order valence-electron chi connectivity index (χ2n) is 6.29. The summed E-state index contributed by atoms with van der Waals surface area (Å²) < 4.78 is 40.1. The van der Waals surface area contributed by atoms with Gasteiger partial charge in [0.1, 0.15) is 10.7 Å². The molecule has 1 aliphatic carbocycles. The van der Waals surface area contributed by atoms with Crippen LogP contribution in [-0.2, 0) is 21.2 Å². The van der Waals surface area contributed by atoms with Crippen molar-refractivity contribution < 1.29 is 17.6 Å². The van der Waals surface area contributed by atoms with Crippen molar-refractivity contribution in [2.24, 2.45) is 0 Å². The smallest absolute Gasteiger partial charge is 0.243 e. The third kappa shape index (κ3) is 4.28. The normalized spacial score (nSPS) is 16.7. The molecular weight excluding hydrogens is 355 g/mol. The first kappa shape index (κ1) is 18.5. The van der Waals surface area contributed by atoms with E-state index in [-0.39, 0.29) is 24.9 Å². The number of nitrogens with one attached hydrogen (secondary N) is 2. The second-order valence-corrected chi connectivity index (χ2v) is 8.02. The third-order valence-corrected chi connectivity index (χ3v) is 5.97. The fourth-order valence-corrected chi connectivity index (χ4v) is 4.32. The summed E-state index contributed by atoms with van der Waals surface area (Å²) in [5.41, 5.74) is 2.36. The standard InChI is InChI=1S/C19H21FN2O3S/c20-16-9-3-4-11-18(16)26(24,25)21-13-12-19(23)22-17-10-5-7-14-6-1-2-8-15(14)17/h1-4,6,8-9,11,17,21H,5,7,10,12-13H2,(H,22,23)/t17-/m0/s1. The largest absolute Gasteiger partial charge is 0.349 e. The Morgan fingerprint density at radius 1 is 1.12 bits per heavy atom. The number of carbonyl (C=O) groups excluding carboxylic acids is 1. The van der Waals surface area contributed by atoms with Gasteiger partial charge in [-0.1, -0.05) is 36.4 Å². The number of hydrogen-bond acceptors (Lipinski definition) is 3. The molecule has 0 unspecified atom stereocenters. The minimum absolute atomic E-state index is 0.00759. The first-order valence-corrected chi connectivity index (χ1v) is 10.1. The summed E-state index contributed by atoms with van der Waals surface area (Å²) in [7, 11) is -3.97. The van der Waals surface area contributed by atoms with Crippen molar-refractivity contribution in [3.05, 3.63) is 65.5 Å². The molecule has 0 spiro atoms. The quantitative estimate of drug-likeness (QED) is 0.814. The molecule has 0 saturated heterocycles. The third-order valence-electron chi connectivity index (χ3n) is 4.47. The van der Waals surface area contributed by atoms with Gasteiger partial charge in [0, 0.05) is 13.0 Å². The van der Waals surface area contributed by atoms with Gasteiger partial charge in [-0.3, -0.25) is 4.79 Å². The molecule has 0 heterocycles. The molecule has 0 radical (unpaired) electrons. The Morgan fingerprint density at radius 3 is 2.65 bits per heavy atom. The highest BCUT2D eigenvalue weighted by molar-refractivity contribution is 7.89. The predicted molar refractivity (Wildman–Crippen MR) is 96.5 cm³/mol. The second kappa shape index (κ2) is 7.97. The summed E-state index contributed by atoms with van der Waals surface area (Å²) >= 11 is 0. The summed E-state index contributed by atoms with van der Waals surface area (Å²) in [5, 5.41) is 2.96. The fourth-order valence-electron chi connectivity index (χ4n) is 3.21. The van der Waals surface area contributed by atoms with Crippen LogP contribution in [0.3, 0.4) is 0 Å². The number of benzene rings is 2. The highest BCUT2D eigenvalue weighted by atomic mass is 32.2. The molecule has 2 N–H and O–H groups in total. The van der Waals surface area contributed by atoms with Crippen molar-refractivity contribution in [1.82, 2.24) is 10.0 Å². The minimum atomic E-state index is -3.97. The molecule has 0 aliphatic heterocycles. The summed E-state index contributed by atoms with van der Waals surface area (Å²) in [6.45, 7) is -0.0864. The summed E-state index contributed by atoms with van der Waals surface area (Å²) in [6.07, 6.45) is 2.86. The number of sulfonamides is 1. The zero-order valence-corrected chi connectivity index (χ0v) is 15.1. The lowest BCUT2D eigenvalue weighted by molar-refractivity contribution is -0.121. The summed E-state index contributed by atoms with van der Waals surface area (Å²) in [6, 6.07) is 13.1. The van der Waals surface area contributed by atoms with Gasteiger partial charge in [0.15, 0.2) is 0 Å². The molecule has 1 aliphatic rings. The van der Waals surface area contributed by atoms with Crippen LogP contribution in [0.1, 0.15) is 36.4 Å². The maximum atomic E-state index is 13.6. The number of carbonyl (C=O) groups is 1. The molecule has 138 valence electrons. The number of halogens is 1. The van der Waals surface area contributed by atoms with Gasteiger partial charge in [-0.2, -0.15) is 0 Å². The molecule has 5 nitrogen and oxygen atoms in total. The number of fused-ring (bicyclic) bond motifs is 1. The predicted octanol–water partition coefficient (Wildman–Crippen LogP) is 2.69. The first-order chi connectivity index (χ1) is 12.5. The zero-order chi connectivity index (χ0) is 18.6. The van der Waals surface area contributed by atoms with Crippen molar-refractivity contribution in [1.29, 1.82) is 0 Å². The van der Waals surface area contributed by atoms with E-state index in [4.69, 9.17) is 0 Å². The lowest BCUT2D eigenvalue weighted by atomic mass is 9.88. The summed E-state index contributed by atoms with van der Waals surface area (Å²) in [4.78, 5) is 11.8. The molecule has 7 heteroatoms. The Balaban J connectivity index is 1.55. The van der Waals surface area contributed by atoms with Gasteiger partial charge in [-0.25, -0.2) is 17.5 Å². The Kier molecular flexibility index (Phi) is 5.68. The Hall–Kier alpha value is -2.25. The van der Waals surface area contributed by atoms with E-state index >= 15 is 0 Å². The Bertz CT molecular complexity index is 899.